The maximum atomic E-state index is 12.5. The second kappa shape index (κ2) is 7.66. The van der Waals surface area contributed by atoms with E-state index in [2.05, 4.69) is 14.7 Å². The van der Waals surface area contributed by atoms with Gasteiger partial charge in [0.25, 0.3) is 5.56 Å². The molecule has 0 aliphatic carbocycles. The van der Waals surface area contributed by atoms with E-state index in [1.54, 1.807) is 18.7 Å². The number of amides is 1. The molecule has 1 aromatic heterocycles. The number of H-pyrrole nitrogens is 1. The van der Waals surface area contributed by atoms with Crippen LogP contribution >= 0.6 is 11.8 Å². The summed E-state index contributed by atoms with van der Waals surface area (Å²) in [4.78, 5) is 32.5. The van der Waals surface area contributed by atoms with E-state index in [9.17, 15) is 18.0 Å². The van der Waals surface area contributed by atoms with E-state index >= 15 is 0 Å². The van der Waals surface area contributed by atoms with Gasteiger partial charge in [0.2, 0.25) is 15.9 Å². The molecule has 8 nitrogen and oxygen atoms in total. The summed E-state index contributed by atoms with van der Waals surface area (Å²) in [7, 11) is -3.23. The van der Waals surface area contributed by atoms with Gasteiger partial charge < -0.3 is 9.88 Å². The van der Waals surface area contributed by atoms with Crippen LogP contribution in [0.5, 0.6) is 0 Å². The molecule has 0 bridgehead atoms. The summed E-state index contributed by atoms with van der Waals surface area (Å²) in [5, 5.41) is 0.0452. The normalized spacial score (nSPS) is 17.7. The van der Waals surface area contributed by atoms with Crippen LogP contribution in [0.2, 0.25) is 0 Å². The van der Waals surface area contributed by atoms with Crippen LogP contribution < -0.4 is 10.3 Å². The number of thioether (sulfide) groups is 1. The van der Waals surface area contributed by atoms with Gasteiger partial charge >= 0.3 is 0 Å². The number of nitrogens with zero attached hydrogens (tertiary/aromatic N) is 2. The molecule has 0 unspecified atom stereocenters. The molecule has 1 fully saturated rings. The summed E-state index contributed by atoms with van der Waals surface area (Å²) in [6, 6.07) is 1.28. The molecular formula is C14H22N4O4S2. The number of aromatic amines is 1. The van der Waals surface area contributed by atoms with Gasteiger partial charge in [0.05, 0.1) is 11.5 Å². The third kappa shape index (κ3) is 5.60. The Labute approximate surface area is 145 Å². The topological polar surface area (TPSA) is 112 Å². The highest BCUT2D eigenvalue weighted by Gasteiger charge is 2.28. The highest BCUT2D eigenvalue weighted by atomic mass is 32.2. The van der Waals surface area contributed by atoms with Gasteiger partial charge in [-0.05, 0) is 26.7 Å². The van der Waals surface area contributed by atoms with E-state index in [-0.39, 0.29) is 22.8 Å². The summed E-state index contributed by atoms with van der Waals surface area (Å²) >= 11 is 1.22. The van der Waals surface area contributed by atoms with E-state index in [0.29, 0.717) is 36.8 Å². The van der Waals surface area contributed by atoms with Gasteiger partial charge in [-0.2, -0.15) is 0 Å². The summed E-state index contributed by atoms with van der Waals surface area (Å²) in [6.45, 7) is 4.52. The van der Waals surface area contributed by atoms with Gasteiger partial charge in [-0.3, -0.25) is 9.59 Å². The van der Waals surface area contributed by atoms with Gasteiger partial charge in [0.15, 0.2) is 5.16 Å². The molecule has 0 radical (unpaired) electrons. The molecule has 2 rings (SSSR count). The van der Waals surface area contributed by atoms with Gasteiger partial charge in [0.1, 0.15) is 0 Å². The first-order valence-corrected chi connectivity index (χ1v) is 10.4. The van der Waals surface area contributed by atoms with Crippen LogP contribution in [-0.2, 0) is 14.8 Å². The van der Waals surface area contributed by atoms with Crippen molar-refractivity contribution in [1.29, 1.82) is 0 Å². The van der Waals surface area contributed by atoms with Crippen molar-refractivity contribution in [2.45, 2.75) is 43.1 Å². The summed E-state index contributed by atoms with van der Waals surface area (Å²) in [5.74, 6) is -0.0399. The van der Waals surface area contributed by atoms with Crippen molar-refractivity contribution in [3.05, 3.63) is 22.1 Å². The van der Waals surface area contributed by atoms with Gasteiger partial charge in [-0.25, -0.2) is 18.1 Å². The summed E-state index contributed by atoms with van der Waals surface area (Å²) in [6.07, 6.45) is 2.32. The highest BCUT2D eigenvalue weighted by molar-refractivity contribution is 8.00. The monoisotopic (exact) mass is 374 g/mol. The number of nitrogens with one attached hydrogen (secondary N) is 2. The van der Waals surface area contributed by atoms with Gasteiger partial charge in [0, 0.05) is 30.9 Å². The Kier molecular flexibility index (Phi) is 6.05. The number of carbonyl (C=O) groups is 1. The number of rotatable bonds is 5. The van der Waals surface area contributed by atoms with Crippen LogP contribution in [0, 0.1) is 6.92 Å². The van der Waals surface area contributed by atoms with Crippen LogP contribution in [0.3, 0.4) is 0 Å². The van der Waals surface area contributed by atoms with E-state index in [1.165, 1.54) is 17.8 Å². The summed E-state index contributed by atoms with van der Waals surface area (Å²) in [5.41, 5.74) is 0.367. The van der Waals surface area contributed by atoms with Gasteiger partial charge in [-0.15, -0.1) is 0 Å². The molecule has 24 heavy (non-hydrogen) atoms. The zero-order valence-corrected chi connectivity index (χ0v) is 15.5. The molecule has 1 atom stereocenters. The predicted molar refractivity (Wildman–Crippen MR) is 92.5 cm³/mol. The Balaban J connectivity index is 1.91. The first-order chi connectivity index (χ1) is 11.1. The molecule has 2 heterocycles. The number of likely N-dealkylation sites (tertiary alicyclic amines) is 1. The fourth-order valence-corrected chi connectivity index (χ4v) is 4.39. The van der Waals surface area contributed by atoms with E-state index in [0.717, 1.165) is 6.26 Å². The molecule has 10 heteroatoms. The van der Waals surface area contributed by atoms with Crippen molar-refractivity contribution in [2.24, 2.45) is 0 Å². The predicted octanol–water partition coefficient (Wildman–Crippen LogP) is 0.0991. The van der Waals surface area contributed by atoms with Crippen molar-refractivity contribution >= 4 is 27.7 Å². The standard InChI is InChI=1S/C14H22N4O4S2/c1-9-8-12(19)16-14(15-9)23-10(2)13(20)18-6-4-11(5-7-18)17-24(3,21)22/h8,10-11,17H,4-7H2,1-3H3,(H,15,16,19)/t10-/m0/s1. The minimum atomic E-state index is -3.23. The first-order valence-electron chi connectivity index (χ1n) is 7.65. The molecule has 1 amide bonds. The molecule has 1 saturated heterocycles. The number of piperidine rings is 1. The Morgan fingerprint density at radius 2 is 2.08 bits per heavy atom. The van der Waals surface area contributed by atoms with Crippen LogP contribution in [0.25, 0.3) is 0 Å². The maximum Gasteiger partial charge on any atom is 0.251 e. The van der Waals surface area contributed by atoms with Crippen molar-refractivity contribution < 1.29 is 13.2 Å². The van der Waals surface area contributed by atoms with Crippen LogP contribution in [-0.4, -0.2) is 59.8 Å². The molecule has 0 spiro atoms. The highest BCUT2D eigenvalue weighted by Crippen LogP contribution is 2.22. The first kappa shape index (κ1) is 18.9. The third-order valence-corrected chi connectivity index (χ3v) is 5.40. The minimum Gasteiger partial charge on any atom is -0.342 e. The average Bonchev–Trinajstić information content (AvgIpc) is 2.44. The lowest BCUT2D eigenvalue weighted by molar-refractivity contribution is -0.131. The minimum absolute atomic E-state index is 0.0399. The average molecular weight is 374 g/mol. The van der Waals surface area contributed by atoms with Crippen molar-refractivity contribution in [3.63, 3.8) is 0 Å². The second-order valence-electron chi connectivity index (χ2n) is 5.94. The van der Waals surface area contributed by atoms with Crippen LogP contribution in [0.1, 0.15) is 25.5 Å². The number of aromatic nitrogens is 2. The molecule has 1 aliphatic rings. The van der Waals surface area contributed by atoms with Crippen molar-refractivity contribution in [3.8, 4) is 0 Å². The molecule has 134 valence electrons. The number of hydrogen-bond donors (Lipinski definition) is 2. The lowest BCUT2D eigenvalue weighted by Gasteiger charge is -2.33. The Bertz CT molecular complexity index is 754. The van der Waals surface area contributed by atoms with Gasteiger partial charge in [-0.1, -0.05) is 11.8 Å². The summed E-state index contributed by atoms with van der Waals surface area (Å²) < 4.78 is 25.1. The maximum absolute atomic E-state index is 12.5. The van der Waals surface area contributed by atoms with Crippen LogP contribution in [0.15, 0.2) is 16.0 Å². The SMILES string of the molecule is Cc1cc(=O)[nH]c(S[C@@H](C)C(=O)N2CCC(NS(C)(=O)=O)CC2)n1. The molecule has 1 aliphatic heterocycles. The lowest BCUT2D eigenvalue weighted by Crippen LogP contribution is -2.48. The number of hydrogen-bond acceptors (Lipinski definition) is 6. The molecule has 0 aromatic carbocycles. The number of carbonyl (C=O) groups excluding carboxylic acids is 1. The van der Waals surface area contributed by atoms with E-state index in [1.807, 2.05) is 0 Å². The second-order valence-corrected chi connectivity index (χ2v) is 9.05. The fraction of sp³-hybridized carbons (Fsp3) is 0.643. The molecule has 2 N–H and O–H groups in total. The molecule has 1 aromatic rings. The quantitative estimate of drug-likeness (QED) is 0.558. The zero-order chi connectivity index (χ0) is 17.9. The van der Waals surface area contributed by atoms with E-state index < -0.39 is 10.0 Å². The van der Waals surface area contributed by atoms with Crippen LogP contribution in [0.4, 0.5) is 0 Å². The lowest BCUT2D eigenvalue weighted by atomic mass is 10.1. The Morgan fingerprint density at radius 3 is 2.62 bits per heavy atom. The number of sulfonamides is 1. The van der Waals surface area contributed by atoms with E-state index in [4.69, 9.17) is 0 Å². The Morgan fingerprint density at radius 1 is 1.46 bits per heavy atom. The smallest absolute Gasteiger partial charge is 0.251 e. The largest absolute Gasteiger partial charge is 0.342 e. The zero-order valence-electron chi connectivity index (χ0n) is 13.9. The van der Waals surface area contributed by atoms with Crippen molar-refractivity contribution in [2.75, 3.05) is 19.3 Å². The van der Waals surface area contributed by atoms with Crippen molar-refractivity contribution in [1.82, 2.24) is 19.6 Å². The third-order valence-electron chi connectivity index (χ3n) is 3.67. The number of aryl methyl sites for hydroxylation is 1. The molecular weight excluding hydrogens is 352 g/mol. The fourth-order valence-electron chi connectivity index (χ4n) is 2.60. The molecule has 0 saturated carbocycles. The Hall–Kier alpha value is -1.39.